The molecule has 0 aromatic carbocycles. The third-order valence-corrected chi connectivity index (χ3v) is 2.18. The molecular weight excluding hydrogens is 224 g/mol. The van der Waals surface area contributed by atoms with Crippen LogP contribution < -0.4 is 5.32 Å². The second-order valence-electron chi connectivity index (χ2n) is 2.66. The van der Waals surface area contributed by atoms with Crippen molar-refractivity contribution in [3.8, 4) is 0 Å². The Morgan fingerprint density at radius 3 is 2.87 bits per heavy atom. The normalized spacial score (nSPS) is 10.7. The van der Waals surface area contributed by atoms with Crippen molar-refractivity contribution in [1.82, 2.24) is 9.97 Å². The molecule has 84 valence electrons. The second kappa shape index (κ2) is 5.82. The number of aromatic nitrogens is 2. The summed E-state index contributed by atoms with van der Waals surface area (Å²) >= 11 is 1.31. The molecule has 0 saturated carbocycles. The van der Waals surface area contributed by atoms with E-state index in [1.54, 1.807) is 6.26 Å². The highest BCUT2D eigenvalue weighted by Crippen LogP contribution is 2.16. The largest absolute Gasteiger partial charge is 0.391 e. The zero-order valence-electron chi connectivity index (χ0n) is 8.07. The quantitative estimate of drug-likeness (QED) is 0.596. The van der Waals surface area contributed by atoms with Crippen molar-refractivity contribution >= 4 is 17.6 Å². The number of thioether (sulfide) groups is 1. The highest BCUT2D eigenvalue weighted by atomic mass is 32.2. The van der Waals surface area contributed by atoms with Crippen molar-refractivity contribution in [2.24, 2.45) is 0 Å². The fourth-order valence-electron chi connectivity index (χ4n) is 0.932. The zero-order chi connectivity index (χ0) is 11.3. The number of nitrogens with zero attached hydrogens (tertiary/aromatic N) is 2. The number of hydrogen-bond donors (Lipinski definition) is 2. The molecular formula is C8H11F2N3OS. The summed E-state index contributed by atoms with van der Waals surface area (Å²) in [7, 11) is 0. The number of halogens is 2. The minimum Gasteiger partial charge on any atom is -0.391 e. The maximum absolute atomic E-state index is 12.0. The average Bonchev–Trinajstić information content (AvgIpc) is 2.25. The fraction of sp³-hybridized carbons (Fsp3) is 0.500. The van der Waals surface area contributed by atoms with E-state index in [2.05, 4.69) is 15.3 Å². The van der Waals surface area contributed by atoms with Crippen LogP contribution in [0.4, 0.5) is 14.6 Å². The first-order valence-corrected chi connectivity index (χ1v) is 5.42. The zero-order valence-corrected chi connectivity index (χ0v) is 8.89. The average molecular weight is 235 g/mol. The van der Waals surface area contributed by atoms with E-state index in [4.69, 9.17) is 5.11 Å². The molecule has 0 radical (unpaired) electrons. The van der Waals surface area contributed by atoms with Gasteiger partial charge in [-0.15, -0.1) is 0 Å². The summed E-state index contributed by atoms with van der Waals surface area (Å²) in [6.07, 6.45) is 0.751. The summed E-state index contributed by atoms with van der Waals surface area (Å²) < 4.78 is 23.9. The Balaban J connectivity index is 2.81. The number of alkyl halides is 2. The van der Waals surface area contributed by atoms with E-state index in [0.717, 1.165) is 0 Å². The van der Waals surface area contributed by atoms with Crippen LogP contribution in [0.2, 0.25) is 0 Å². The van der Waals surface area contributed by atoms with Gasteiger partial charge in [0.05, 0.1) is 13.2 Å². The number of anilines is 1. The van der Waals surface area contributed by atoms with Gasteiger partial charge in [-0.3, -0.25) is 0 Å². The fourth-order valence-corrected chi connectivity index (χ4v) is 1.27. The first-order valence-electron chi connectivity index (χ1n) is 4.20. The van der Waals surface area contributed by atoms with Crippen molar-refractivity contribution in [3.05, 3.63) is 11.8 Å². The molecule has 1 rings (SSSR count). The van der Waals surface area contributed by atoms with Gasteiger partial charge in [-0.2, -0.15) is 0 Å². The molecule has 0 atom stereocenters. The van der Waals surface area contributed by atoms with Gasteiger partial charge in [-0.25, -0.2) is 18.7 Å². The minimum absolute atomic E-state index is 0.261. The van der Waals surface area contributed by atoms with Gasteiger partial charge in [-0.1, -0.05) is 11.8 Å². The van der Waals surface area contributed by atoms with E-state index in [-0.39, 0.29) is 12.4 Å². The lowest BCUT2D eigenvalue weighted by atomic mass is 10.3. The Kier molecular flexibility index (Phi) is 4.70. The standard InChI is InChI=1S/C8H11F2N3OS/c1-15-8-12-2-5(4-14)7(13-8)11-3-6(9)10/h2,6,14H,3-4H2,1H3,(H,11,12,13). The second-order valence-corrected chi connectivity index (χ2v) is 3.43. The van der Waals surface area contributed by atoms with E-state index in [1.165, 1.54) is 18.0 Å². The Morgan fingerprint density at radius 1 is 1.60 bits per heavy atom. The van der Waals surface area contributed by atoms with Gasteiger partial charge in [0.1, 0.15) is 5.82 Å². The van der Waals surface area contributed by atoms with Crippen LogP contribution in [0.5, 0.6) is 0 Å². The molecule has 0 unspecified atom stereocenters. The summed E-state index contributed by atoms with van der Waals surface area (Å²) in [5, 5.41) is 11.9. The van der Waals surface area contributed by atoms with Crippen molar-refractivity contribution < 1.29 is 13.9 Å². The van der Waals surface area contributed by atoms with Crippen molar-refractivity contribution in [1.29, 1.82) is 0 Å². The van der Waals surface area contributed by atoms with Crippen LogP contribution in [-0.2, 0) is 6.61 Å². The monoisotopic (exact) mass is 235 g/mol. The van der Waals surface area contributed by atoms with E-state index in [9.17, 15) is 8.78 Å². The number of nitrogens with one attached hydrogen (secondary N) is 1. The number of rotatable bonds is 5. The summed E-state index contributed by atoms with van der Waals surface area (Å²) in [5.74, 6) is 0.261. The molecule has 2 N–H and O–H groups in total. The van der Waals surface area contributed by atoms with Gasteiger partial charge in [0, 0.05) is 11.8 Å². The lowest BCUT2D eigenvalue weighted by Crippen LogP contribution is -2.13. The van der Waals surface area contributed by atoms with E-state index in [0.29, 0.717) is 10.7 Å². The summed E-state index contributed by atoms with van der Waals surface area (Å²) in [6.45, 7) is -0.766. The first-order chi connectivity index (χ1) is 7.17. The maximum atomic E-state index is 12.0. The molecule has 1 aromatic rings. The molecule has 0 aliphatic carbocycles. The Labute approximate surface area is 90.1 Å². The summed E-state index contributed by atoms with van der Waals surface area (Å²) in [6, 6.07) is 0. The molecule has 0 spiro atoms. The van der Waals surface area contributed by atoms with Crippen LogP contribution in [0, 0.1) is 0 Å². The van der Waals surface area contributed by atoms with Gasteiger partial charge in [-0.05, 0) is 6.26 Å². The van der Waals surface area contributed by atoms with Gasteiger partial charge < -0.3 is 10.4 Å². The van der Waals surface area contributed by atoms with Gasteiger partial charge >= 0.3 is 0 Å². The highest BCUT2D eigenvalue weighted by Gasteiger charge is 2.08. The van der Waals surface area contributed by atoms with Crippen LogP contribution in [0.3, 0.4) is 0 Å². The van der Waals surface area contributed by atoms with Crippen molar-refractivity contribution in [3.63, 3.8) is 0 Å². The molecule has 15 heavy (non-hydrogen) atoms. The van der Waals surface area contributed by atoms with Gasteiger partial charge in [0.25, 0.3) is 6.43 Å². The number of aliphatic hydroxyl groups is 1. The van der Waals surface area contributed by atoms with E-state index < -0.39 is 13.0 Å². The summed E-state index contributed by atoms with van der Waals surface area (Å²) in [4.78, 5) is 7.90. The molecule has 0 aliphatic heterocycles. The van der Waals surface area contributed by atoms with Crippen molar-refractivity contribution in [2.75, 3.05) is 18.1 Å². The lowest BCUT2D eigenvalue weighted by Gasteiger charge is -2.09. The lowest BCUT2D eigenvalue weighted by molar-refractivity contribution is 0.163. The van der Waals surface area contributed by atoms with Crippen LogP contribution in [-0.4, -0.2) is 34.3 Å². The third-order valence-electron chi connectivity index (χ3n) is 1.62. The molecule has 0 saturated heterocycles. The third kappa shape index (κ3) is 3.60. The predicted molar refractivity (Wildman–Crippen MR) is 54.2 cm³/mol. The topological polar surface area (TPSA) is 58.0 Å². The van der Waals surface area contributed by atoms with Gasteiger partial charge in [0.2, 0.25) is 0 Å². The van der Waals surface area contributed by atoms with E-state index in [1.807, 2.05) is 0 Å². The van der Waals surface area contributed by atoms with E-state index >= 15 is 0 Å². The molecule has 7 heteroatoms. The molecule has 4 nitrogen and oxygen atoms in total. The number of hydrogen-bond acceptors (Lipinski definition) is 5. The van der Waals surface area contributed by atoms with Crippen LogP contribution >= 0.6 is 11.8 Å². The van der Waals surface area contributed by atoms with Crippen molar-refractivity contribution in [2.45, 2.75) is 18.2 Å². The first kappa shape index (κ1) is 12.1. The van der Waals surface area contributed by atoms with Gasteiger partial charge in [0.15, 0.2) is 5.16 Å². The SMILES string of the molecule is CSc1ncc(CO)c(NCC(F)F)n1. The Bertz CT molecular complexity index is 325. The molecule has 1 aromatic heterocycles. The molecule has 0 aliphatic rings. The Morgan fingerprint density at radius 2 is 2.33 bits per heavy atom. The molecule has 0 bridgehead atoms. The smallest absolute Gasteiger partial charge is 0.255 e. The van der Waals surface area contributed by atoms with Crippen LogP contribution in [0.1, 0.15) is 5.56 Å². The predicted octanol–water partition coefficient (Wildman–Crippen LogP) is 1.37. The molecule has 0 fully saturated rings. The van der Waals surface area contributed by atoms with Crippen LogP contribution in [0.15, 0.2) is 11.4 Å². The minimum atomic E-state index is -2.45. The molecule has 1 heterocycles. The number of aliphatic hydroxyl groups excluding tert-OH is 1. The Hall–Kier alpha value is -0.950. The summed E-state index contributed by atoms with van der Waals surface area (Å²) in [5.41, 5.74) is 0.411. The molecule has 0 amide bonds. The maximum Gasteiger partial charge on any atom is 0.255 e. The van der Waals surface area contributed by atoms with Crippen LogP contribution in [0.25, 0.3) is 0 Å². The highest BCUT2D eigenvalue weighted by molar-refractivity contribution is 7.98.